The molecule has 0 aliphatic carbocycles. The molecule has 1 aromatic heterocycles. The molecular formula is C19H17N3O. The Morgan fingerprint density at radius 3 is 2.35 bits per heavy atom. The number of nitrogens with one attached hydrogen (secondary N) is 1. The summed E-state index contributed by atoms with van der Waals surface area (Å²) >= 11 is 0. The summed E-state index contributed by atoms with van der Waals surface area (Å²) in [4.78, 5) is 16.8. The number of benzene rings is 2. The molecule has 0 aliphatic heterocycles. The van der Waals surface area contributed by atoms with Gasteiger partial charge in [0.25, 0.3) is 5.91 Å². The van der Waals surface area contributed by atoms with Gasteiger partial charge in [0.05, 0.1) is 5.69 Å². The minimum atomic E-state index is -0.189. The molecule has 0 atom stereocenters. The molecule has 0 saturated carbocycles. The van der Waals surface area contributed by atoms with Crippen LogP contribution in [0.25, 0.3) is 11.3 Å². The summed E-state index contributed by atoms with van der Waals surface area (Å²) in [6.45, 7) is 0.461. The third-order valence-corrected chi connectivity index (χ3v) is 3.51. The van der Waals surface area contributed by atoms with Crippen LogP contribution in [0.1, 0.15) is 15.9 Å². The summed E-state index contributed by atoms with van der Waals surface area (Å²) in [6, 6.07) is 22.6. The summed E-state index contributed by atoms with van der Waals surface area (Å²) in [5, 5.41) is 2.82. The SMILES string of the molecule is NCc1ccc(C(=O)Nc2cccc(-c3ccccc3)n2)cc1. The van der Waals surface area contributed by atoms with E-state index < -0.39 is 0 Å². The van der Waals surface area contributed by atoms with Crippen LogP contribution >= 0.6 is 0 Å². The van der Waals surface area contributed by atoms with Crippen LogP contribution in [0, 0.1) is 0 Å². The highest BCUT2D eigenvalue weighted by Crippen LogP contribution is 2.18. The molecule has 3 rings (SSSR count). The van der Waals surface area contributed by atoms with Crippen molar-refractivity contribution in [3.63, 3.8) is 0 Å². The summed E-state index contributed by atoms with van der Waals surface area (Å²) in [5.41, 5.74) is 8.96. The minimum absolute atomic E-state index is 0.189. The van der Waals surface area contributed by atoms with Crippen LogP contribution in [0.4, 0.5) is 5.82 Å². The molecular weight excluding hydrogens is 286 g/mol. The van der Waals surface area contributed by atoms with Crippen molar-refractivity contribution in [3.8, 4) is 11.3 Å². The van der Waals surface area contributed by atoms with E-state index >= 15 is 0 Å². The molecule has 0 spiro atoms. The summed E-state index contributed by atoms with van der Waals surface area (Å²) in [5.74, 6) is 0.338. The van der Waals surface area contributed by atoms with Gasteiger partial charge in [-0.1, -0.05) is 48.5 Å². The van der Waals surface area contributed by atoms with Crippen molar-refractivity contribution in [1.82, 2.24) is 4.98 Å². The lowest BCUT2D eigenvalue weighted by Gasteiger charge is -2.07. The van der Waals surface area contributed by atoms with Crippen LogP contribution in [0.15, 0.2) is 72.8 Å². The Balaban J connectivity index is 1.78. The van der Waals surface area contributed by atoms with Gasteiger partial charge in [-0.05, 0) is 29.8 Å². The maximum atomic E-state index is 12.3. The predicted molar refractivity (Wildman–Crippen MR) is 92.0 cm³/mol. The molecule has 0 aliphatic rings. The van der Waals surface area contributed by atoms with E-state index in [-0.39, 0.29) is 5.91 Å². The number of rotatable bonds is 4. The predicted octanol–water partition coefficient (Wildman–Crippen LogP) is 3.46. The number of carbonyl (C=O) groups is 1. The third-order valence-electron chi connectivity index (χ3n) is 3.51. The van der Waals surface area contributed by atoms with Crippen LogP contribution in [-0.4, -0.2) is 10.9 Å². The molecule has 1 amide bonds. The molecule has 0 bridgehead atoms. The Labute approximate surface area is 135 Å². The summed E-state index contributed by atoms with van der Waals surface area (Å²) in [7, 11) is 0. The lowest BCUT2D eigenvalue weighted by molar-refractivity contribution is 0.102. The molecule has 0 radical (unpaired) electrons. The Bertz CT molecular complexity index is 798. The molecule has 4 heteroatoms. The number of nitrogens with zero attached hydrogens (tertiary/aromatic N) is 1. The fraction of sp³-hybridized carbons (Fsp3) is 0.0526. The number of carbonyl (C=O) groups excluding carboxylic acids is 1. The Morgan fingerprint density at radius 2 is 1.65 bits per heavy atom. The van der Waals surface area contributed by atoms with Gasteiger partial charge in [0.2, 0.25) is 0 Å². The number of hydrogen-bond donors (Lipinski definition) is 2. The normalized spacial score (nSPS) is 10.3. The van der Waals surface area contributed by atoms with Gasteiger partial charge < -0.3 is 11.1 Å². The van der Waals surface area contributed by atoms with E-state index in [0.29, 0.717) is 17.9 Å². The molecule has 1 heterocycles. The van der Waals surface area contributed by atoms with Crippen LogP contribution in [-0.2, 0) is 6.54 Å². The first-order valence-corrected chi connectivity index (χ1v) is 7.39. The second-order valence-corrected chi connectivity index (χ2v) is 5.13. The lowest BCUT2D eigenvalue weighted by atomic mass is 10.1. The van der Waals surface area contributed by atoms with Crippen molar-refractivity contribution in [1.29, 1.82) is 0 Å². The maximum absolute atomic E-state index is 12.3. The van der Waals surface area contributed by atoms with Gasteiger partial charge >= 0.3 is 0 Å². The number of aromatic nitrogens is 1. The number of hydrogen-bond acceptors (Lipinski definition) is 3. The van der Waals surface area contributed by atoms with Crippen molar-refractivity contribution in [2.24, 2.45) is 5.73 Å². The first kappa shape index (κ1) is 14.9. The first-order valence-electron chi connectivity index (χ1n) is 7.39. The monoisotopic (exact) mass is 303 g/mol. The highest BCUT2D eigenvalue weighted by molar-refractivity contribution is 6.03. The zero-order valence-corrected chi connectivity index (χ0v) is 12.6. The van der Waals surface area contributed by atoms with Crippen molar-refractivity contribution < 1.29 is 4.79 Å². The molecule has 0 fully saturated rings. The van der Waals surface area contributed by atoms with E-state index in [0.717, 1.165) is 16.8 Å². The lowest BCUT2D eigenvalue weighted by Crippen LogP contribution is -2.13. The topological polar surface area (TPSA) is 68.0 Å². The minimum Gasteiger partial charge on any atom is -0.326 e. The van der Waals surface area contributed by atoms with Crippen LogP contribution in [0.2, 0.25) is 0 Å². The maximum Gasteiger partial charge on any atom is 0.256 e. The third kappa shape index (κ3) is 3.62. The Hall–Kier alpha value is -2.98. The van der Waals surface area contributed by atoms with Crippen molar-refractivity contribution >= 4 is 11.7 Å². The average molecular weight is 303 g/mol. The molecule has 4 nitrogen and oxygen atoms in total. The van der Waals surface area contributed by atoms with Crippen LogP contribution in [0.3, 0.4) is 0 Å². The fourth-order valence-corrected chi connectivity index (χ4v) is 2.25. The number of anilines is 1. The second kappa shape index (κ2) is 6.85. The van der Waals surface area contributed by atoms with Crippen molar-refractivity contribution in [2.45, 2.75) is 6.54 Å². The van der Waals surface area contributed by atoms with E-state index in [9.17, 15) is 4.79 Å². The molecule has 114 valence electrons. The Morgan fingerprint density at radius 1 is 0.913 bits per heavy atom. The van der Waals surface area contributed by atoms with Crippen molar-refractivity contribution in [3.05, 3.63) is 83.9 Å². The fourth-order valence-electron chi connectivity index (χ4n) is 2.25. The molecule has 3 aromatic rings. The second-order valence-electron chi connectivity index (χ2n) is 5.13. The van der Waals surface area contributed by atoms with E-state index in [4.69, 9.17) is 5.73 Å². The smallest absolute Gasteiger partial charge is 0.256 e. The first-order chi connectivity index (χ1) is 11.3. The highest BCUT2D eigenvalue weighted by Gasteiger charge is 2.07. The van der Waals surface area contributed by atoms with Crippen LogP contribution < -0.4 is 11.1 Å². The molecule has 23 heavy (non-hydrogen) atoms. The van der Waals surface area contributed by atoms with E-state index in [1.54, 1.807) is 18.2 Å². The molecule has 0 unspecified atom stereocenters. The van der Waals surface area contributed by atoms with Gasteiger partial charge in [0, 0.05) is 17.7 Å². The quantitative estimate of drug-likeness (QED) is 0.775. The Kier molecular flexibility index (Phi) is 4.45. The van der Waals surface area contributed by atoms with E-state index in [1.165, 1.54) is 0 Å². The number of pyridine rings is 1. The average Bonchev–Trinajstić information content (AvgIpc) is 2.63. The van der Waals surface area contributed by atoms with Gasteiger partial charge in [-0.15, -0.1) is 0 Å². The van der Waals surface area contributed by atoms with Gasteiger partial charge in [-0.3, -0.25) is 4.79 Å². The van der Waals surface area contributed by atoms with Gasteiger partial charge in [0.1, 0.15) is 5.82 Å². The number of nitrogens with two attached hydrogens (primary N) is 1. The van der Waals surface area contributed by atoms with Gasteiger partial charge in [0.15, 0.2) is 0 Å². The van der Waals surface area contributed by atoms with Gasteiger partial charge in [-0.2, -0.15) is 0 Å². The largest absolute Gasteiger partial charge is 0.326 e. The molecule has 3 N–H and O–H groups in total. The zero-order valence-electron chi connectivity index (χ0n) is 12.6. The van der Waals surface area contributed by atoms with Crippen molar-refractivity contribution in [2.75, 3.05) is 5.32 Å². The van der Waals surface area contributed by atoms with E-state index in [1.807, 2.05) is 54.6 Å². The number of amides is 1. The standard InChI is InChI=1S/C19H17N3O/c20-13-14-9-11-16(12-10-14)19(23)22-18-8-4-7-17(21-18)15-5-2-1-3-6-15/h1-12H,13,20H2,(H,21,22,23). The molecule has 0 saturated heterocycles. The van der Waals surface area contributed by atoms with Gasteiger partial charge in [-0.25, -0.2) is 4.98 Å². The summed E-state index contributed by atoms with van der Waals surface area (Å²) in [6.07, 6.45) is 0. The molecule has 2 aromatic carbocycles. The zero-order chi connectivity index (χ0) is 16.1. The van der Waals surface area contributed by atoms with Crippen LogP contribution in [0.5, 0.6) is 0 Å². The van der Waals surface area contributed by atoms with E-state index in [2.05, 4.69) is 10.3 Å². The highest BCUT2D eigenvalue weighted by atomic mass is 16.1. The summed E-state index contributed by atoms with van der Waals surface area (Å²) < 4.78 is 0.